The fraction of sp³-hybridized carbons (Fsp3) is 0.538. The van der Waals surface area contributed by atoms with E-state index in [-0.39, 0.29) is 24.5 Å². The minimum Gasteiger partial charge on any atom is -0.365 e. The van der Waals surface area contributed by atoms with Gasteiger partial charge in [-0.25, -0.2) is 9.97 Å². The van der Waals surface area contributed by atoms with E-state index >= 15 is 0 Å². The Balaban J connectivity index is 1.90. The predicted octanol–water partition coefficient (Wildman–Crippen LogP) is -0.320. The van der Waals surface area contributed by atoms with Crippen molar-refractivity contribution >= 4 is 11.8 Å². The van der Waals surface area contributed by atoms with Gasteiger partial charge in [-0.05, 0) is 19.9 Å². The van der Waals surface area contributed by atoms with Gasteiger partial charge in [-0.15, -0.1) is 0 Å². The standard InChI is InChI=1S/C13H18N4O3/c1-8-4-11(16-9(2)15-8)13(19)14-5-10-6-17(3)12(18)7-20-10/h4,10H,5-7H2,1-3H3,(H,14,19)/t10-/m1/s1. The van der Waals surface area contributed by atoms with Crippen LogP contribution in [0.25, 0.3) is 0 Å². The highest BCUT2D eigenvalue weighted by molar-refractivity contribution is 5.92. The lowest BCUT2D eigenvalue weighted by molar-refractivity contribution is -0.146. The summed E-state index contributed by atoms with van der Waals surface area (Å²) in [6.07, 6.45) is -0.189. The Morgan fingerprint density at radius 3 is 2.90 bits per heavy atom. The summed E-state index contributed by atoms with van der Waals surface area (Å²) in [7, 11) is 1.72. The molecule has 1 N–H and O–H groups in total. The molecule has 1 aromatic heterocycles. The Labute approximate surface area is 117 Å². The van der Waals surface area contributed by atoms with Crippen LogP contribution in [0.3, 0.4) is 0 Å². The van der Waals surface area contributed by atoms with Gasteiger partial charge in [0, 0.05) is 25.8 Å². The first kappa shape index (κ1) is 14.4. The SMILES string of the molecule is Cc1cc(C(=O)NC[C@@H]2CN(C)C(=O)CO2)nc(C)n1. The van der Waals surface area contributed by atoms with Gasteiger partial charge in [0.15, 0.2) is 0 Å². The van der Waals surface area contributed by atoms with Crippen LogP contribution >= 0.6 is 0 Å². The molecule has 1 saturated heterocycles. The fourth-order valence-electron chi connectivity index (χ4n) is 2.01. The fourth-order valence-corrected chi connectivity index (χ4v) is 2.01. The quantitative estimate of drug-likeness (QED) is 0.819. The van der Waals surface area contributed by atoms with Gasteiger partial charge in [0.1, 0.15) is 18.1 Å². The Morgan fingerprint density at radius 1 is 1.50 bits per heavy atom. The van der Waals surface area contributed by atoms with Crippen molar-refractivity contribution in [3.8, 4) is 0 Å². The second-order valence-corrected chi connectivity index (χ2v) is 4.86. The number of aromatic nitrogens is 2. The second kappa shape index (κ2) is 5.96. The zero-order chi connectivity index (χ0) is 14.7. The minimum absolute atomic E-state index is 0.0466. The van der Waals surface area contributed by atoms with Crippen molar-refractivity contribution in [2.24, 2.45) is 0 Å². The summed E-state index contributed by atoms with van der Waals surface area (Å²) in [6.45, 7) is 4.44. The van der Waals surface area contributed by atoms with Crippen LogP contribution in [0.4, 0.5) is 0 Å². The van der Waals surface area contributed by atoms with E-state index < -0.39 is 0 Å². The van der Waals surface area contributed by atoms with E-state index in [1.54, 1.807) is 24.9 Å². The van der Waals surface area contributed by atoms with Crippen molar-refractivity contribution in [3.63, 3.8) is 0 Å². The van der Waals surface area contributed by atoms with E-state index in [1.165, 1.54) is 0 Å². The summed E-state index contributed by atoms with van der Waals surface area (Å²) < 4.78 is 5.36. The van der Waals surface area contributed by atoms with Crippen LogP contribution in [0.2, 0.25) is 0 Å². The van der Waals surface area contributed by atoms with Gasteiger partial charge in [-0.1, -0.05) is 0 Å². The number of nitrogens with one attached hydrogen (secondary N) is 1. The van der Waals surface area contributed by atoms with Crippen molar-refractivity contribution in [3.05, 3.63) is 23.3 Å². The number of hydrogen-bond acceptors (Lipinski definition) is 5. The van der Waals surface area contributed by atoms with Gasteiger partial charge < -0.3 is 15.0 Å². The highest BCUT2D eigenvalue weighted by Crippen LogP contribution is 2.04. The average Bonchev–Trinajstić information content (AvgIpc) is 2.38. The lowest BCUT2D eigenvalue weighted by atomic mass is 10.2. The molecular weight excluding hydrogens is 260 g/mol. The first-order valence-corrected chi connectivity index (χ1v) is 6.42. The molecule has 0 aromatic carbocycles. The molecule has 20 heavy (non-hydrogen) atoms. The third-order valence-electron chi connectivity index (χ3n) is 3.03. The molecule has 108 valence electrons. The van der Waals surface area contributed by atoms with Gasteiger partial charge in [0.05, 0.1) is 6.10 Å². The summed E-state index contributed by atoms with van der Waals surface area (Å²) in [6, 6.07) is 1.64. The summed E-state index contributed by atoms with van der Waals surface area (Å²) in [5.74, 6) is 0.255. The van der Waals surface area contributed by atoms with Crippen LogP contribution in [0.15, 0.2) is 6.07 Å². The maximum atomic E-state index is 12.0. The minimum atomic E-state index is -0.262. The molecule has 1 atom stereocenters. The Morgan fingerprint density at radius 2 is 2.25 bits per heavy atom. The predicted molar refractivity (Wildman–Crippen MR) is 71.2 cm³/mol. The van der Waals surface area contributed by atoms with E-state index in [1.807, 2.05) is 6.92 Å². The van der Waals surface area contributed by atoms with Crippen LogP contribution in [0.5, 0.6) is 0 Å². The zero-order valence-corrected chi connectivity index (χ0v) is 11.8. The lowest BCUT2D eigenvalue weighted by Gasteiger charge is -2.29. The number of likely N-dealkylation sites (N-methyl/N-ethyl adjacent to an activating group) is 1. The van der Waals surface area contributed by atoms with Crippen LogP contribution in [-0.2, 0) is 9.53 Å². The molecule has 2 rings (SSSR count). The first-order valence-electron chi connectivity index (χ1n) is 6.42. The van der Waals surface area contributed by atoms with Gasteiger partial charge in [0.2, 0.25) is 5.91 Å². The van der Waals surface area contributed by atoms with Gasteiger partial charge in [-0.3, -0.25) is 9.59 Å². The Hall–Kier alpha value is -2.02. The number of rotatable bonds is 3. The van der Waals surface area contributed by atoms with Crippen LogP contribution < -0.4 is 5.32 Å². The topological polar surface area (TPSA) is 84.4 Å². The van der Waals surface area contributed by atoms with Crippen molar-refractivity contribution in [1.29, 1.82) is 0 Å². The summed E-state index contributed by atoms with van der Waals surface area (Å²) in [5, 5.41) is 2.77. The maximum Gasteiger partial charge on any atom is 0.270 e. The van der Waals surface area contributed by atoms with Crippen molar-refractivity contribution in [2.75, 3.05) is 26.7 Å². The molecule has 0 unspecified atom stereocenters. The van der Waals surface area contributed by atoms with Crippen LogP contribution in [-0.4, -0.2) is 59.5 Å². The number of hydrogen-bond donors (Lipinski definition) is 1. The smallest absolute Gasteiger partial charge is 0.270 e. The Bertz CT molecular complexity index is 512. The molecule has 1 fully saturated rings. The molecule has 2 heterocycles. The highest BCUT2D eigenvalue weighted by Gasteiger charge is 2.24. The number of carbonyl (C=O) groups is 2. The molecule has 7 heteroatoms. The molecule has 0 radical (unpaired) electrons. The summed E-state index contributed by atoms with van der Waals surface area (Å²) >= 11 is 0. The van der Waals surface area contributed by atoms with Crippen molar-refractivity contribution in [1.82, 2.24) is 20.2 Å². The molecule has 0 spiro atoms. The van der Waals surface area contributed by atoms with Gasteiger partial charge in [-0.2, -0.15) is 0 Å². The third-order valence-corrected chi connectivity index (χ3v) is 3.03. The average molecular weight is 278 g/mol. The normalized spacial score (nSPS) is 19.1. The molecule has 1 aromatic rings. The van der Waals surface area contributed by atoms with Gasteiger partial charge in [0.25, 0.3) is 5.91 Å². The van der Waals surface area contributed by atoms with Gasteiger partial charge >= 0.3 is 0 Å². The molecule has 0 aliphatic carbocycles. The maximum absolute atomic E-state index is 12.0. The van der Waals surface area contributed by atoms with E-state index in [4.69, 9.17) is 4.74 Å². The largest absolute Gasteiger partial charge is 0.365 e. The first-order chi connectivity index (χ1) is 9.45. The number of carbonyl (C=O) groups excluding carboxylic acids is 2. The summed E-state index contributed by atoms with van der Waals surface area (Å²) in [4.78, 5) is 33.1. The van der Waals surface area contributed by atoms with E-state index in [2.05, 4.69) is 15.3 Å². The van der Waals surface area contributed by atoms with Crippen LogP contribution in [0.1, 0.15) is 22.0 Å². The van der Waals surface area contributed by atoms with Crippen molar-refractivity contribution in [2.45, 2.75) is 20.0 Å². The van der Waals surface area contributed by atoms with E-state index in [0.717, 1.165) is 5.69 Å². The number of morpholine rings is 1. The molecular formula is C13H18N4O3. The van der Waals surface area contributed by atoms with E-state index in [9.17, 15) is 9.59 Å². The summed E-state index contributed by atoms with van der Waals surface area (Å²) in [5.41, 5.74) is 1.09. The lowest BCUT2D eigenvalue weighted by Crippen LogP contribution is -2.48. The molecule has 0 bridgehead atoms. The Kier molecular flexibility index (Phi) is 4.29. The second-order valence-electron chi connectivity index (χ2n) is 4.86. The van der Waals surface area contributed by atoms with Crippen molar-refractivity contribution < 1.29 is 14.3 Å². The molecule has 7 nitrogen and oxygen atoms in total. The van der Waals surface area contributed by atoms with Crippen LogP contribution in [0, 0.1) is 13.8 Å². The molecule has 1 aliphatic rings. The third kappa shape index (κ3) is 3.51. The molecule has 2 amide bonds. The number of nitrogens with zero attached hydrogens (tertiary/aromatic N) is 3. The number of aryl methyl sites for hydroxylation is 2. The highest BCUT2D eigenvalue weighted by atomic mass is 16.5. The zero-order valence-electron chi connectivity index (χ0n) is 11.8. The number of ether oxygens (including phenoxy) is 1. The monoisotopic (exact) mass is 278 g/mol. The van der Waals surface area contributed by atoms with E-state index in [0.29, 0.717) is 24.6 Å². The molecule has 1 aliphatic heterocycles. The molecule has 0 saturated carbocycles. The number of amides is 2.